The summed E-state index contributed by atoms with van der Waals surface area (Å²) in [7, 11) is 0. The summed E-state index contributed by atoms with van der Waals surface area (Å²) < 4.78 is 0. The Morgan fingerprint density at radius 2 is 1.94 bits per heavy atom. The Labute approximate surface area is 104 Å². The lowest BCUT2D eigenvalue weighted by atomic mass is 10.1. The maximum absolute atomic E-state index is 11.4. The van der Waals surface area contributed by atoms with Gasteiger partial charge in [-0.05, 0) is 22.9 Å². The number of benzene rings is 2. The highest BCUT2D eigenvalue weighted by molar-refractivity contribution is 5.96. The lowest BCUT2D eigenvalue weighted by Gasteiger charge is -2.10. The number of rotatable bonds is 3. The zero-order chi connectivity index (χ0) is 13.0. The number of hydrogen-bond donors (Lipinski definition) is 2. The minimum absolute atomic E-state index is 0.160. The van der Waals surface area contributed by atoms with Gasteiger partial charge in [0.05, 0.1) is 12.7 Å². The second kappa shape index (κ2) is 5.30. The van der Waals surface area contributed by atoms with Crippen LogP contribution in [0.1, 0.15) is 12.0 Å². The van der Waals surface area contributed by atoms with Crippen LogP contribution >= 0.6 is 0 Å². The van der Waals surface area contributed by atoms with Crippen LogP contribution in [0.3, 0.4) is 0 Å². The summed E-state index contributed by atoms with van der Waals surface area (Å²) in [6.07, 6.45) is -0.197. The van der Waals surface area contributed by atoms with Gasteiger partial charge in [0, 0.05) is 11.3 Å². The van der Waals surface area contributed by atoms with Crippen molar-refractivity contribution in [2.24, 2.45) is 0 Å². The molecule has 4 nitrogen and oxygen atoms in total. The molecule has 2 N–H and O–H groups in total. The third kappa shape index (κ3) is 2.47. The maximum Gasteiger partial charge on any atom is 0.238 e. The third-order valence-corrected chi connectivity index (χ3v) is 2.66. The quantitative estimate of drug-likeness (QED) is 0.863. The highest BCUT2D eigenvalue weighted by Crippen LogP contribution is 2.24. The standard InChI is InChI=1S/C14H12N2O2/c15-6-5-14(18)16-13-8-11-4-2-1-3-10(11)7-12(13)9-17/h1-4,7-8,17H,5,9H2,(H,16,18). The first kappa shape index (κ1) is 12.1. The Morgan fingerprint density at radius 1 is 1.28 bits per heavy atom. The number of nitrogens with zero attached hydrogens (tertiary/aromatic N) is 1. The van der Waals surface area contributed by atoms with Gasteiger partial charge in [-0.1, -0.05) is 24.3 Å². The molecular weight excluding hydrogens is 228 g/mol. The van der Waals surface area contributed by atoms with E-state index in [1.54, 1.807) is 12.1 Å². The number of fused-ring (bicyclic) bond motifs is 1. The van der Waals surface area contributed by atoms with Crippen LogP contribution in [0.25, 0.3) is 10.8 Å². The average molecular weight is 240 g/mol. The van der Waals surface area contributed by atoms with Crippen LogP contribution in [-0.2, 0) is 11.4 Å². The van der Waals surface area contributed by atoms with E-state index in [1.807, 2.05) is 30.3 Å². The predicted octanol–water partition coefficient (Wildman–Crippen LogP) is 2.18. The number of carbonyl (C=O) groups is 1. The van der Waals surface area contributed by atoms with E-state index in [4.69, 9.17) is 5.26 Å². The minimum Gasteiger partial charge on any atom is -0.392 e. The van der Waals surface area contributed by atoms with E-state index in [9.17, 15) is 9.90 Å². The first-order valence-corrected chi connectivity index (χ1v) is 5.54. The summed E-state index contributed by atoms with van der Waals surface area (Å²) in [6, 6.07) is 13.1. The van der Waals surface area contributed by atoms with Crippen molar-refractivity contribution in [3.05, 3.63) is 42.0 Å². The monoisotopic (exact) mass is 240 g/mol. The Kier molecular flexibility index (Phi) is 3.56. The SMILES string of the molecule is N#CCC(=O)Nc1cc2ccccc2cc1CO. The fourth-order valence-electron chi connectivity index (χ4n) is 1.80. The fourth-order valence-corrected chi connectivity index (χ4v) is 1.80. The van der Waals surface area contributed by atoms with Crippen molar-refractivity contribution in [2.45, 2.75) is 13.0 Å². The van der Waals surface area contributed by atoms with Crippen LogP contribution in [-0.4, -0.2) is 11.0 Å². The van der Waals surface area contributed by atoms with Crippen molar-refractivity contribution in [3.63, 3.8) is 0 Å². The average Bonchev–Trinajstić information content (AvgIpc) is 2.38. The molecule has 0 aromatic heterocycles. The van der Waals surface area contributed by atoms with Crippen LogP contribution in [0.4, 0.5) is 5.69 Å². The molecule has 18 heavy (non-hydrogen) atoms. The second-order valence-corrected chi connectivity index (χ2v) is 3.90. The maximum atomic E-state index is 11.4. The molecule has 0 spiro atoms. The summed E-state index contributed by atoms with van der Waals surface area (Å²) in [5, 5.41) is 22.4. The van der Waals surface area contributed by atoms with Crippen LogP contribution in [0.2, 0.25) is 0 Å². The van der Waals surface area contributed by atoms with Crippen molar-refractivity contribution in [2.75, 3.05) is 5.32 Å². The lowest BCUT2D eigenvalue weighted by Crippen LogP contribution is -2.11. The molecule has 0 aliphatic rings. The highest BCUT2D eigenvalue weighted by Gasteiger charge is 2.07. The fraction of sp³-hybridized carbons (Fsp3) is 0.143. The van der Waals surface area contributed by atoms with Crippen molar-refractivity contribution in [1.82, 2.24) is 0 Å². The molecule has 0 unspecified atom stereocenters. The minimum atomic E-state index is -0.373. The van der Waals surface area contributed by atoms with E-state index >= 15 is 0 Å². The van der Waals surface area contributed by atoms with Gasteiger partial charge in [-0.25, -0.2) is 0 Å². The largest absolute Gasteiger partial charge is 0.392 e. The third-order valence-electron chi connectivity index (χ3n) is 2.66. The predicted molar refractivity (Wildman–Crippen MR) is 68.7 cm³/mol. The molecule has 0 fully saturated rings. The van der Waals surface area contributed by atoms with Gasteiger partial charge in [0.25, 0.3) is 0 Å². The molecule has 2 rings (SSSR count). The van der Waals surface area contributed by atoms with Crippen LogP contribution in [0.5, 0.6) is 0 Å². The summed E-state index contributed by atoms with van der Waals surface area (Å²) in [5.74, 6) is -0.373. The summed E-state index contributed by atoms with van der Waals surface area (Å²) >= 11 is 0. The van der Waals surface area contributed by atoms with E-state index in [0.29, 0.717) is 11.3 Å². The van der Waals surface area contributed by atoms with E-state index in [0.717, 1.165) is 10.8 Å². The summed E-state index contributed by atoms with van der Waals surface area (Å²) in [5.41, 5.74) is 1.19. The molecular formula is C14H12N2O2. The van der Waals surface area contributed by atoms with Gasteiger partial charge in [0.15, 0.2) is 0 Å². The first-order chi connectivity index (χ1) is 8.74. The molecule has 2 aromatic rings. The molecule has 0 radical (unpaired) electrons. The number of carbonyl (C=O) groups excluding carboxylic acids is 1. The highest BCUT2D eigenvalue weighted by atomic mass is 16.3. The number of amides is 1. The zero-order valence-corrected chi connectivity index (χ0v) is 9.68. The Balaban J connectivity index is 2.42. The molecule has 0 heterocycles. The number of nitriles is 1. The number of aliphatic hydroxyl groups is 1. The molecule has 0 saturated heterocycles. The van der Waals surface area contributed by atoms with Crippen molar-refractivity contribution < 1.29 is 9.90 Å². The van der Waals surface area contributed by atoms with Gasteiger partial charge in [0.1, 0.15) is 6.42 Å². The first-order valence-electron chi connectivity index (χ1n) is 5.54. The Bertz CT molecular complexity index is 629. The molecule has 1 amide bonds. The topological polar surface area (TPSA) is 73.1 Å². The van der Waals surface area contributed by atoms with Gasteiger partial charge in [-0.15, -0.1) is 0 Å². The van der Waals surface area contributed by atoms with Gasteiger partial charge in [-0.2, -0.15) is 5.26 Å². The Morgan fingerprint density at radius 3 is 2.56 bits per heavy atom. The smallest absolute Gasteiger partial charge is 0.238 e. The van der Waals surface area contributed by atoms with Gasteiger partial charge >= 0.3 is 0 Å². The summed E-state index contributed by atoms with van der Waals surface area (Å²) in [6.45, 7) is -0.160. The van der Waals surface area contributed by atoms with Gasteiger partial charge < -0.3 is 10.4 Å². The van der Waals surface area contributed by atoms with E-state index in [-0.39, 0.29) is 18.9 Å². The van der Waals surface area contributed by atoms with E-state index in [1.165, 1.54) is 0 Å². The number of hydrogen-bond acceptors (Lipinski definition) is 3. The number of anilines is 1. The molecule has 0 bridgehead atoms. The van der Waals surface area contributed by atoms with Crippen LogP contribution in [0, 0.1) is 11.3 Å². The van der Waals surface area contributed by atoms with Gasteiger partial charge in [0.2, 0.25) is 5.91 Å². The zero-order valence-electron chi connectivity index (χ0n) is 9.68. The molecule has 0 aliphatic carbocycles. The van der Waals surface area contributed by atoms with E-state index < -0.39 is 0 Å². The second-order valence-electron chi connectivity index (χ2n) is 3.90. The molecule has 4 heteroatoms. The normalized spacial score (nSPS) is 10.0. The molecule has 90 valence electrons. The summed E-state index contributed by atoms with van der Waals surface area (Å²) in [4.78, 5) is 11.4. The molecule has 0 saturated carbocycles. The van der Waals surface area contributed by atoms with Crippen molar-refractivity contribution in [3.8, 4) is 6.07 Å². The Hall–Kier alpha value is -2.38. The van der Waals surface area contributed by atoms with E-state index in [2.05, 4.69) is 5.32 Å². The molecule has 2 aromatic carbocycles. The van der Waals surface area contributed by atoms with Crippen LogP contribution < -0.4 is 5.32 Å². The number of aliphatic hydroxyl groups excluding tert-OH is 1. The number of nitrogens with one attached hydrogen (secondary N) is 1. The molecule has 0 atom stereocenters. The van der Waals surface area contributed by atoms with Crippen molar-refractivity contribution in [1.29, 1.82) is 5.26 Å². The van der Waals surface area contributed by atoms with Crippen LogP contribution in [0.15, 0.2) is 36.4 Å². The molecule has 0 aliphatic heterocycles. The van der Waals surface area contributed by atoms with Gasteiger partial charge in [-0.3, -0.25) is 4.79 Å². The lowest BCUT2D eigenvalue weighted by molar-refractivity contribution is -0.115. The van der Waals surface area contributed by atoms with Crippen molar-refractivity contribution >= 4 is 22.4 Å².